The molecule has 20 heavy (non-hydrogen) atoms. The summed E-state index contributed by atoms with van der Waals surface area (Å²) >= 11 is 0. The Bertz CT molecular complexity index is 523. The van der Waals surface area contributed by atoms with E-state index >= 15 is 0 Å². The summed E-state index contributed by atoms with van der Waals surface area (Å²) in [6.07, 6.45) is 0.826. The van der Waals surface area contributed by atoms with Gasteiger partial charge in [0.15, 0.2) is 0 Å². The summed E-state index contributed by atoms with van der Waals surface area (Å²) < 4.78 is 9.70. The summed E-state index contributed by atoms with van der Waals surface area (Å²) in [5, 5.41) is 2.55. The highest BCUT2D eigenvalue weighted by atomic mass is 16.5. The zero-order chi connectivity index (χ0) is 14.5. The standard InChI is InChI=1S/C14H15NO5/c1-19-13(17)10-4-2-9(3-5-10)8-20-14(18)11-6-7-12(16)15-11/h2-5,11H,6-8H2,1H3,(H,15,16). The number of rotatable bonds is 4. The van der Waals surface area contributed by atoms with Crippen LogP contribution in [0.1, 0.15) is 28.8 Å². The Morgan fingerprint density at radius 1 is 1.30 bits per heavy atom. The van der Waals surface area contributed by atoms with E-state index in [0.717, 1.165) is 5.56 Å². The second-order valence-corrected chi connectivity index (χ2v) is 4.45. The molecule has 2 rings (SSSR count). The van der Waals surface area contributed by atoms with Gasteiger partial charge in [0.1, 0.15) is 12.6 Å². The fourth-order valence-corrected chi connectivity index (χ4v) is 1.90. The first-order chi connectivity index (χ1) is 9.60. The van der Waals surface area contributed by atoms with E-state index in [9.17, 15) is 14.4 Å². The molecule has 1 amide bonds. The number of carbonyl (C=O) groups is 3. The van der Waals surface area contributed by atoms with Crippen LogP contribution in [-0.2, 0) is 25.7 Å². The number of hydrogen-bond acceptors (Lipinski definition) is 5. The molecule has 1 fully saturated rings. The lowest BCUT2D eigenvalue weighted by Gasteiger charge is -2.10. The van der Waals surface area contributed by atoms with E-state index in [1.54, 1.807) is 24.3 Å². The van der Waals surface area contributed by atoms with Crippen molar-refractivity contribution in [2.24, 2.45) is 0 Å². The number of nitrogens with one attached hydrogen (secondary N) is 1. The zero-order valence-corrected chi connectivity index (χ0v) is 11.0. The lowest BCUT2D eigenvalue weighted by molar-refractivity contribution is -0.147. The average Bonchev–Trinajstić information content (AvgIpc) is 2.91. The smallest absolute Gasteiger partial charge is 0.337 e. The van der Waals surface area contributed by atoms with Crippen molar-refractivity contribution < 1.29 is 23.9 Å². The van der Waals surface area contributed by atoms with Crippen LogP contribution in [0.4, 0.5) is 0 Å². The zero-order valence-electron chi connectivity index (χ0n) is 11.0. The molecule has 1 unspecified atom stereocenters. The number of amides is 1. The average molecular weight is 277 g/mol. The second kappa shape index (κ2) is 6.18. The molecule has 1 N–H and O–H groups in total. The van der Waals surface area contributed by atoms with Gasteiger partial charge in [-0.25, -0.2) is 9.59 Å². The van der Waals surface area contributed by atoms with Crippen LogP contribution in [0.3, 0.4) is 0 Å². The molecule has 1 heterocycles. The molecule has 106 valence electrons. The molecule has 0 aromatic heterocycles. The first-order valence-electron chi connectivity index (χ1n) is 6.23. The number of ether oxygens (including phenoxy) is 2. The van der Waals surface area contributed by atoms with Gasteiger partial charge in [0, 0.05) is 6.42 Å². The van der Waals surface area contributed by atoms with Gasteiger partial charge >= 0.3 is 11.9 Å². The highest BCUT2D eigenvalue weighted by Crippen LogP contribution is 2.11. The largest absolute Gasteiger partial charge is 0.465 e. The van der Waals surface area contributed by atoms with Crippen molar-refractivity contribution in [1.82, 2.24) is 5.32 Å². The van der Waals surface area contributed by atoms with Gasteiger partial charge in [-0.1, -0.05) is 12.1 Å². The van der Waals surface area contributed by atoms with Gasteiger partial charge in [-0.3, -0.25) is 4.79 Å². The maximum absolute atomic E-state index is 11.7. The molecule has 1 atom stereocenters. The van der Waals surface area contributed by atoms with Gasteiger partial charge in [-0.15, -0.1) is 0 Å². The summed E-state index contributed by atoms with van der Waals surface area (Å²) in [6, 6.07) is 6.04. The monoisotopic (exact) mass is 277 g/mol. The molecular weight excluding hydrogens is 262 g/mol. The molecule has 0 spiro atoms. The van der Waals surface area contributed by atoms with Gasteiger partial charge in [-0.05, 0) is 24.1 Å². The molecule has 0 bridgehead atoms. The van der Waals surface area contributed by atoms with Crippen LogP contribution in [0.2, 0.25) is 0 Å². The Kier molecular flexibility index (Phi) is 4.34. The minimum atomic E-state index is -0.545. The third-order valence-electron chi connectivity index (χ3n) is 3.04. The summed E-state index contributed by atoms with van der Waals surface area (Å²) in [4.78, 5) is 33.9. The Hall–Kier alpha value is -2.37. The van der Waals surface area contributed by atoms with Crippen molar-refractivity contribution in [3.8, 4) is 0 Å². The van der Waals surface area contributed by atoms with E-state index in [4.69, 9.17) is 4.74 Å². The quantitative estimate of drug-likeness (QED) is 0.823. The third kappa shape index (κ3) is 3.34. The molecule has 0 aliphatic carbocycles. The lowest BCUT2D eigenvalue weighted by atomic mass is 10.1. The fraction of sp³-hybridized carbons (Fsp3) is 0.357. The van der Waals surface area contributed by atoms with Crippen LogP contribution in [0, 0.1) is 0 Å². The van der Waals surface area contributed by atoms with Crippen LogP contribution in [0.15, 0.2) is 24.3 Å². The fourth-order valence-electron chi connectivity index (χ4n) is 1.90. The molecule has 6 nitrogen and oxygen atoms in total. The van der Waals surface area contributed by atoms with Crippen LogP contribution >= 0.6 is 0 Å². The number of hydrogen-bond donors (Lipinski definition) is 1. The lowest BCUT2D eigenvalue weighted by Crippen LogP contribution is -2.34. The van der Waals surface area contributed by atoms with Crippen LogP contribution in [0.5, 0.6) is 0 Å². The summed E-state index contributed by atoms with van der Waals surface area (Å²) in [5.74, 6) is -0.982. The summed E-state index contributed by atoms with van der Waals surface area (Å²) in [7, 11) is 1.31. The van der Waals surface area contributed by atoms with Crippen molar-refractivity contribution in [2.45, 2.75) is 25.5 Å². The molecular formula is C14H15NO5. The predicted octanol–water partition coefficient (Wildman–Crippen LogP) is 0.795. The maximum Gasteiger partial charge on any atom is 0.337 e. The molecule has 1 saturated heterocycles. The number of methoxy groups -OCH3 is 1. The number of benzene rings is 1. The minimum Gasteiger partial charge on any atom is -0.465 e. The van der Waals surface area contributed by atoms with Crippen molar-refractivity contribution in [2.75, 3.05) is 7.11 Å². The van der Waals surface area contributed by atoms with Crippen LogP contribution < -0.4 is 5.32 Å². The molecule has 6 heteroatoms. The molecule has 0 saturated carbocycles. The predicted molar refractivity (Wildman–Crippen MR) is 68.7 cm³/mol. The summed E-state index contributed by atoms with van der Waals surface area (Å²) in [6.45, 7) is 0.104. The SMILES string of the molecule is COC(=O)c1ccc(COC(=O)C2CCC(=O)N2)cc1. The third-order valence-corrected chi connectivity index (χ3v) is 3.04. The Morgan fingerprint density at radius 2 is 2.00 bits per heavy atom. The van der Waals surface area contributed by atoms with E-state index in [1.807, 2.05) is 0 Å². The normalized spacial score (nSPS) is 17.4. The van der Waals surface area contributed by atoms with Crippen molar-refractivity contribution in [3.63, 3.8) is 0 Å². The van der Waals surface area contributed by atoms with Crippen molar-refractivity contribution in [1.29, 1.82) is 0 Å². The first kappa shape index (κ1) is 14.0. The molecule has 1 aliphatic heterocycles. The van der Waals surface area contributed by atoms with Crippen LogP contribution in [-0.4, -0.2) is 31.0 Å². The van der Waals surface area contributed by atoms with E-state index in [0.29, 0.717) is 18.4 Å². The van der Waals surface area contributed by atoms with E-state index in [-0.39, 0.29) is 12.5 Å². The Labute approximate surface area is 116 Å². The topological polar surface area (TPSA) is 81.7 Å². The molecule has 0 radical (unpaired) electrons. The van der Waals surface area contributed by atoms with Crippen molar-refractivity contribution >= 4 is 17.8 Å². The first-order valence-corrected chi connectivity index (χ1v) is 6.23. The summed E-state index contributed by atoms with van der Waals surface area (Å²) in [5.41, 5.74) is 1.20. The maximum atomic E-state index is 11.7. The van der Waals surface area contributed by atoms with Gasteiger partial charge in [0.05, 0.1) is 12.7 Å². The van der Waals surface area contributed by atoms with Gasteiger partial charge in [0.25, 0.3) is 0 Å². The van der Waals surface area contributed by atoms with Gasteiger partial charge < -0.3 is 14.8 Å². The Morgan fingerprint density at radius 3 is 2.55 bits per heavy atom. The van der Waals surface area contributed by atoms with E-state index in [2.05, 4.69) is 10.1 Å². The number of esters is 2. The van der Waals surface area contributed by atoms with Gasteiger partial charge in [0.2, 0.25) is 5.91 Å². The molecule has 1 aliphatic rings. The minimum absolute atomic E-state index is 0.104. The highest BCUT2D eigenvalue weighted by molar-refractivity contribution is 5.89. The highest BCUT2D eigenvalue weighted by Gasteiger charge is 2.28. The van der Waals surface area contributed by atoms with E-state index < -0.39 is 18.0 Å². The van der Waals surface area contributed by atoms with Gasteiger partial charge in [-0.2, -0.15) is 0 Å². The van der Waals surface area contributed by atoms with Crippen LogP contribution in [0.25, 0.3) is 0 Å². The van der Waals surface area contributed by atoms with E-state index in [1.165, 1.54) is 7.11 Å². The Balaban J connectivity index is 1.86. The molecule has 1 aromatic rings. The second-order valence-electron chi connectivity index (χ2n) is 4.45. The molecule has 1 aromatic carbocycles. The van der Waals surface area contributed by atoms with Crippen molar-refractivity contribution in [3.05, 3.63) is 35.4 Å². The number of carbonyl (C=O) groups excluding carboxylic acids is 3.